The van der Waals surface area contributed by atoms with Crippen LogP contribution in [-0.2, 0) is 0 Å². The molecule has 3 nitrogen and oxygen atoms in total. The molecule has 0 spiro atoms. The second-order valence-corrected chi connectivity index (χ2v) is 1.27. The van der Waals surface area contributed by atoms with Crippen molar-refractivity contribution in [1.82, 2.24) is 9.97 Å². The summed E-state index contributed by atoms with van der Waals surface area (Å²) in [6.07, 6.45) is 4.65. The van der Waals surface area contributed by atoms with Gasteiger partial charge in [0.2, 0.25) is 0 Å². The van der Waals surface area contributed by atoms with Crippen molar-refractivity contribution >= 4 is 6.08 Å². The van der Waals surface area contributed by atoms with Crippen molar-refractivity contribution in [3.63, 3.8) is 0 Å². The van der Waals surface area contributed by atoms with Gasteiger partial charge in [0.1, 0.15) is 0 Å². The number of nitrogens with zero attached hydrogens (tertiary/aromatic N) is 2. The summed E-state index contributed by atoms with van der Waals surface area (Å²) in [5.74, 6) is 0.563. The summed E-state index contributed by atoms with van der Waals surface area (Å²) >= 11 is 0. The molecule has 0 radical (unpaired) electrons. The van der Waals surface area contributed by atoms with E-state index in [1.807, 2.05) is 0 Å². The Kier molecular flexibility index (Phi) is 8.59. The Morgan fingerprint density at radius 2 is 1.80 bits per heavy atom. The smallest absolute Gasteiger partial charge is 0.870 e. The summed E-state index contributed by atoms with van der Waals surface area (Å²) in [7, 11) is 0. The van der Waals surface area contributed by atoms with Crippen molar-refractivity contribution in [2.75, 3.05) is 0 Å². The van der Waals surface area contributed by atoms with E-state index in [1.54, 1.807) is 18.5 Å². The quantitative estimate of drug-likeness (QED) is 0.331. The van der Waals surface area contributed by atoms with Crippen LogP contribution in [0.5, 0.6) is 0 Å². The Balaban J connectivity index is 0. The molecule has 1 heterocycles. The molecule has 1 aromatic rings. The molecule has 1 N–H and O–H groups in total. The van der Waals surface area contributed by atoms with Gasteiger partial charge in [-0.1, -0.05) is 0 Å². The van der Waals surface area contributed by atoms with Gasteiger partial charge in [0, 0.05) is 12.4 Å². The third-order valence-electron chi connectivity index (χ3n) is 0.735. The third kappa shape index (κ3) is 3.74. The number of rotatable bonds is 1. The van der Waals surface area contributed by atoms with Crippen LogP contribution in [0.2, 0.25) is 0 Å². The zero-order valence-corrected chi connectivity index (χ0v) is 7.73. The number of hydrogen-bond acceptors (Lipinski definition) is 3. The third-order valence-corrected chi connectivity index (χ3v) is 0.735. The molecule has 10 heavy (non-hydrogen) atoms. The fourth-order valence-electron chi connectivity index (χ4n) is 0.397. The first kappa shape index (κ1) is 12.5. The molecule has 0 aliphatic carbocycles. The summed E-state index contributed by atoms with van der Waals surface area (Å²) in [5.41, 5.74) is 0. The first-order valence-corrected chi connectivity index (χ1v) is 2.25. The Labute approximate surface area is 81.8 Å². The van der Waals surface area contributed by atoms with Crippen LogP contribution in [0.15, 0.2) is 18.5 Å². The maximum absolute atomic E-state index is 5.10. The topological polar surface area (TPSA) is 55.8 Å². The van der Waals surface area contributed by atoms with E-state index in [1.165, 1.54) is 6.08 Å². The van der Waals surface area contributed by atoms with Crippen LogP contribution in [0, 0.1) is 6.58 Å². The second kappa shape index (κ2) is 6.89. The van der Waals surface area contributed by atoms with Crippen molar-refractivity contribution < 1.29 is 35.0 Å². The first-order chi connectivity index (χ1) is 3.93. The molecule has 0 atom stereocenters. The summed E-state index contributed by atoms with van der Waals surface area (Å²) in [5, 5.41) is 0. The van der Waals surface area contributed by atoms with E-state index in [-0.39, 0.29) is 35.0 Å². The van der Waals surface area contributed by atoms with Gasteiger partial charge < -0.3 is 15.4 Å². The van der Waals surface area contributed by atoms with E-state index in [4.69, 9.17) is 6.58 Å². The van der Waals surface area contributed by atoms with Gasteiger partial charge in [0.05, 0.1) is 0 Å². The van der Waals surface area contributed by atoms with Crippen molar-refractivity contribution in [3.05, 3.63) is 30.9 Å². The Hall–Kier alpha value is -0.220. The van der Waals surface area contributed by atoms with Crippen LogP contribution in [-0.4, -0.2) is 15.4 Å². The Bertz CT molecular complexity index is 178. The molecular formula is C6H6N2NaO-. The Morgan fingerprint density at radius 3 is 2.10 bits per heavy atom. The Morgan fingerprint density at radius 1 is 1.30 bits per heavy atom. The fraction of sp³-hybridized carbons (Fsp3) is 0. The molecule has 0 aliphatic heterocycles. The molecule has 0 aromatic carbocycles. The summed E-state index contributed by atoms with van der Waals surface area (Å²) in [4.78, 5) is 7.61. The summed E-state index contributed by atoms with van der Waals surface area (Å²) in [6, 6.07) is 1.74. The van der Waals surface area contributed by atoms with Crippen molar-refractivity contribution in [1.29, 1.82) is 0 Å². The minimum absolute atomic E-state index is 0. The van der Waals surface area contributed by atoms with Gasteiger partial charge in [-0.2, -0.15) is 6.08 Å². The molecule has 1 rings (SSSR count). The summed E-state index contributed by atoms with van der Waals surface area (Å²) < 4.78 is 0. The van der Waals surface area contributed by atoms with Gasteiger partial charge >= 0.3 is 29.6 Å². The van der Waals surface area contributed by atoms with E-state index in [9.17, 15) is 0 Å². The van der Waals surface area contributed by atoms with Crippen molar-refractivity contribution in [2.24, 2.45) is 0 Å². The number of hydrogen-bond donors (Lipinski definition) is 0. The van der Waals surface area contributed by atoms with Crippen LogP contribution >= 0.6 is 0 Å². The monoisotopic (exact) mass is 145 g/mol. The van der Waals surface area contributed by atoms with Gasteiger partial charge in [0.15, 0.2) is 0 Å². The van der Waals surface area contributed by atoms with Gasteiger partial charge in [-0.3, -0.25) is 6.58 Å². The van der Waals surface area contributed by atoms with E-state index < -0.39 is 0 Å². The normalized spacial score (nSPS) is 6.80. The van der Waals surface area contributed by atoms with Gasteiger partial charge in [0.25, 0.3) is 0 Å². The number of aromatic nitrogens is 2. The zero-order chi connectivity index (χ0) is 5.82. The van der Waals surface area contributed by atoms with E-state index >= 15 is 0 Å². The van der Waals surface area contributed by atoms with Crippen molar-refractivity contribution in [3.8, 4) is 0 Å². The van der Waals surface area contributed by atoms with E-state index in [2.05, 4.69) is 9.97 Å². The van der Waals surface area contributed by atoms with Crippen LogP contribution in [0.1, 0.15) is 5.82 Å². The fourth-order valence-corrected chi connectivity index (χ4v) is 0.397. The summed E-state index contributed by atoms with van der Waals surface area (Å²) in [6.45, 7) is 5.10. The maximum atomic E-state index is 5.10. The largest absolute Gasteiger partial charge is 1.00 e. The second-order valence-electron chi connectivity index (χ2n) is 1.27. The predicted molar refractivity (Wildman–Crippen MR) is 32.7 cm³/mol. The first-order valence-electron chi connectivity index (χ1n) is 2.25. The molecule has 0 aliphatic rings. The molecule has 1 aromatic heterocycles. The molecule has 0 saturated heterocycles. The molecule has 0 fully saturated rings. The van der Waals surface area contributed by atoms with E-state index in [0.29, 0.717) is 5.82 Å². The van der Waals surface area contributed by atoms with Crippen LogP contribution in [0.4, 0.5) is 0 Å². The molecule has 0 saturated carbocycles. The van der Waals surface area contributed by atoms with Gasteiger partial charge in [-0.15, -0.1) is 0 Å². The molecule has 4 heteroatoms. The minimum Gasteiger partial charge on any atom is -0.870 e. The van der Waals surface area contributed by atoms with Crippen LogP contribution in [0.3, 0.4) is 0 Å². The zero-order valence-electron chi connectivity index (χ0n) is 5.73. The molecule has 0 amide bonds. The SMILES string of the molecule is [CH-]=Cc1ncccn1.[Na+].[OH-]. The van der Waals surface area contributed by atoms with E-state index in [0.717, 1.165) is 0 Å². The average Bonchev–Trinajstić information content (AvgIpc) is 1.90. The average molecular weight is 145 g/mol. The minimum atomic E-state index is 0. The van der Waals surface area contributed by atoms with Gasteiger partial charge in [-0.25, -0.2) is 0 Å². The molecule has 0 unspecified atom stereocenters. The maximum Gasteiger partial charge on any atom is 1.00 e. The molecular weight excluding hydrogens is 139 g/mol. The van der Waals surface area contributed by atoms with Crippen LogP contribution in [0.25, 0.3) is 6.08 Å². The standard InChI is InChI=1S/C6H5N2.Na.H2O/c1-2-6-7-4-3-5-8-6;;/h1-5H;;1H2/q-1;+1;/p-1. The molecule has 48 valence electrons. The van der Waals surface area contributed by atoms with Crippen molar-refractivity contribution in [2.45, 2.75) is 0 Å². The van der Waals surface area contributed by atoms with Gasteiger partial charge in [-0.05, 0) is 11.9 Å². The molecule has 0 bridgehead atoms. The predicted octanol–water partition coefficient (Wildman–Crippen LogP) is -2.25. The van der Waals surface area contributed by atoms with Crippen LogP contribution < -0.4 is 29.6 Å².